The molecular weight excluding hydrogens is 170 g/mol. The van der Waals surface area contributed by atoms with E-state index in [1.807, 2.05) is 7.05 Å². The van der Waals surface area contributed by atoms with Gasteiger partial charge in [0.15, 0.2) is 0 Å². The van der Waals surface area contributed by atoms with Gasteiger partial charge in [0.25, 0.3) is 5.91 Å². The molecular formula is C9H15NO3. The summed E-state index contributed by atoms with van der Waals surface area (Å²) in [6.45, 7) is 2.17. The van der Waals surface area contributed by atoms with Crippen molar-refractivity contribution in [1.82, 2.24) is 4.90 Å². The highest BCUT2D eigenvalue weighted by Crippen LogP contribution is 2.17. The number of ether oxygens (including phenoxy) is 2. The normalized spacial score (nSPS) is 32.7. The van der Waals surface area contributed by atoms with E-state index in [2.05, 4.69) is 0 Å². The Morgan fingerprint density at radius 3 is 2.62 bits per heavy atom. The molecule has 13 heavy (non-hydrogen) atoms. The SMILES string of the molecule is CN(C(=O)C1CCO1)C1CCOC1. The summed E-state index contributed by atoms with van der Waals surface area (Å²) >= 11 is 0. The van der Waals surface area contributed by atoms with Crippen molar-refractivity contribution in [3.63, 3.8) is 0 Å². The monoisotopic (exact) mass is 185 g/mol. The second kappa shape index (κ2) is 3.64. The van der Waals surface area contributed by atoms with E-state index in [0.29, 0.717) is 6.61 Å². The molecule has 2 rings (SSSR count). The molecule has 4 heteroatoms. The van der Waals surface area contributed by atoms with Crippen LogP contribution in [-0.4, -0.2) is 49.8 Å². The number of hydrogen-bond donors (Lipinski definition) is 0. The van der Waals surface area contributed by atoms with E-state index in [-0.39, 0.29) is 18.1 Å². The van der Waals surface area contributed by atoms with Gasteiger partial charge in [0, 0.05) is 20.1 Å². The molecule has 0 saturated carbocycles. The quantitative estimate of drug-likeness (QED) is 0.609. The molecule has 74 valence electrons. The summed E-state index contributed by atoms with van der Waals surface area (Å²) in [4.78, 5) is 13.4. The van der Waals surface area contributed by atoms with Gasteiger partial charge in [-0.1, -0.05) is 0 Å². The highest BCUT2D eigenvalue weighted by molar-refractivity contribution is 5.81. The van der Waals surface area contributed by atoms with Crippen molar-refractivity contribution in [1.29, 1.82) is 0 Å². The lowest BCUT2D eigenvalue weighted by atomic mass is 10.1. The van der Waals surface area contributed by atoms with Crippen LogP contribution in [0.15, 0.2) is 0 Å². The van der Waals surface area contributed by atoms with Crippen LogP contribution in [0, 0.1) is 0 Å². The Kier molecular flexibility index (Phi) is 2.51. The first-order valence-corrected chi connectivity index (χ1v) is 4.75. The molecule has 0 aliphatic carbocycles. The van der Waals surface area contributed by atoms with Crippen LogP contribution >= 0.6 is 0 Å². The highest BCUT2D eigenvalue weighted by atomic mass is 16.5. The molecule has 2 saturated heterocycles. The van der Waals surface area contributed by atoms with Crippen LogP contribution in [0.1, 0.15) is 12.8 Å². The van der Waals surface area contributed by atoms with Crippen LogP contribution in [0.2, 0.25) is 0 Å². The van der Waals surface area contributed by atoms with Gasteiger partial charge in [-0.3, -0.25) is 4.79 Å². The van der Waals surface area contributed by atoms with Crippen molar-refractivity contribution in [3.8, 4) is 0 Å². The van der Waals surface area contributed by atoms with E-state index >= 15 is 0 Å². The second-order valence-corrected chi connectivity index (χ2v) is 3.61. The number of carbonyl (C=O) groups is 1. The second-order valence-electron chi connectivity index (χ2n) is 3.61. The first-order valence-electron chi connectivity index (χ1n) is 4.75. The number of amides is 1. The molecule has 0 aromatic carbocycles. The summed E-state index contributed by atoms with van der Waals surface area (Å²) in [6, 6.07) is 0.261. The Hall–Kier alpha value is -0.610. The average Bonchev–Trinajstić information content (AvgIpc) is 2.51. The van der Waals surface area contributed by atoms with Crippen molar-refractivity contribution in [2.75, 3.05) is 26.9 Å². The van der Waals surface area contributed by atoms with Crippen molar-refractivity contribution in [3.05, 3.63) is 0 Å². The molecule has 0 aromatic rings. The van der Waals surface area contributed by atoms with E-state index < -0.39 is 0 Å². The van der Waals surface area contributed by atoms with Gasteiger partial charge >= 0.3 is 0 Å². The Morgan fingerprint density at radius 2 is 2.15 bits per heavy atom. The summed E-state index contributed by atoms with van der Waals surface area (Å²) < 4.78 is 10.4. The summed E-state index contributed by atoms with van der Waals surface area (Å²) in [6.07, 6.45) is 1.65. The lowest BCUT2D eigenvalue weighted by molar-refractivity contribution is -0.156. The molecule has 0 aromatic heterocycles. The first kappa shape index (κ1) is 8.97. The minimum atomic E-state index is -0.175. The van der Waals surface area contributed by atoms with Gasteiger partial charge in [-0.25, -0.2) is 0 Å². The van der Waals surface area contributed by atoms with Gasteiger partial charge in [0.2, 0.25) is 0 Å². The molecule has 0 N–H and O–H groups in total. The molecule has 2 aliphatic heterocycles. The maximum atomic E-state index is 11.7. The molecule has 1 amide bonds. The largest absolute Gasteiger partial charge is 0.379 e. The third-order valence-electron chi connectivity index (χ3n) is 2.78. The van der Waals surface area contributed by atoms with E-state index in [0.717, 1.165) is 26.1 Å². The zero-order valence-corrected chi connectivity index (χ0v) is 7.86. The summed E-state index contributed by atoms with van der Waals surface area (Å²) in [5, 5.41) is 0. The highest BCUT2D eigenvalue weighted by Gasteiger charge is 2.33. The maximum absolute atomic E-state index is 11.7. The Bertz CT molecular complexity index is 197. The zero-order chi connectivity index (χ0) is 9.26. The molecule has 2 aliphatic rings. The number of carbonyl (C=O) groups excluding carboxylic acids is 1. The van der Waals surface area contributed by atoms with E-state index in [9.17, 15) is 4.79 Å². The van der Waals surface area contributed by atoms with Gasteiger partial charge in [-0.2, -0.15) is 0 Å². The van der Waals surface area contributed by atoms with Gasteiger partial charge in [-0.15, -0.1) is 0 Å². The smallest absolute Gasteiger partial charge is 0.251 e. The molecule has 2 fully saturated rings. The predicted molar refractivity (Wildman–Crippen MR) is 46.4 cm³/mol. The minimum absolute atomic E-state index is 0.113. The molecule has 2 atom stereocenters. The van der Waals surface area contributed by atoms with Crippen LogP contribution in [-0.2, 0) is 14.3 Å². The van der Waals surface area contributed by atoms with Gasteiger partial charge in [-0.05, 0) is 6.42 Å². The van der Waals surface area contributed by atoms with Crippen LogP contribution in [0.4, 0.5) is 0 Å². The minimum Gasteiger partial charge on any atom is -0.379 e. The van der Waals surface area contributed by atoms with Crippen LogP contribution in [0.25, 0.3) is 0 Å². The number of rotatable bonds is 2. The molecule has 0 spiro atoms. The number of hydrogen-bond acceptors (Lipinski definition) is 3. The summed E-state index contributed by atoms with van der Waals surface area (Å²) in [7, 11) is 1.84. The van der Waals surface area contributed by atoms with E-state index in [1.54, 1.807) is 4.90 Å². The number of likely N-dealkylation sites (N-methyl/N-ethyl adjacent to an activating group) is 1. The molecule has 0 bridgehead atoms. The topological polar surface area (TPSA) is 38.8 Å². The third-order valence-corrected chi connectivity index (χ3v) is 2.78. The van der Waals surface area contributed by atoms with Crippen LogP contribution in [0.3, 0.4) is 0 Å². The zero-order valence-electron chi connectivity index (χ0n) is 7.86. The van der Waals surface area contributed by atoms with Gasteiger partial charge in [0.05, 0.1) is 19.3 Å². The van der Waals surface area contributed by atoms with Crippen LogP contribution < -0.4 is 0 Å². The van der Waals surface area contributed by atoms with Gasteiger partial charge < -0.3 is 14.4 Å². The molecule has 0 radical (unpaired) electrons. The third kappa shape index (κ3) is 1.69. The Balaban J connectivity index is 1.87. The summed E-state index contributed by atoms with van der Waals surface area (Å²) in [5.74, 6) is 0.113. The lowest BCUT2D eigenvalue weighted by Gasteiger charge is -2.32. The molecule has 2 unspecified atom stereocenters. The first-order chi connectivity index (χ1) is 6.29. The van der Waals surface area contributed by atoms with E-state index in [1.165, 1.54) is 0 Å². The maximum Gasteiger partial charge on any atom is 0.251 e. The van der Waals surface area contributed by atoms with Crippen molar-refractivity contribution < 1.29 is 14.3 Å². The summed E-state index contributed by atoms with van der Waals surface area (Å²) in [5.41, 5.74) is 0. The Morgan fingerprint density at radius 1 is 1.38 bits per heavy atom. The standard InChI is InChI=1S/C9H15NO3/c1-10(7-2-4-12-6-7)9(11)8-3-5-13-8/h7-8H,2-6H2,1H3. The van der Waals surface area contributed by atoms with Crippen LogP contribution in [0.5, 0.6) is 0 Å². The Labute approximate surface area is 77.8 Å². The molecule has 4 nitrogen and oxygen atoms in total. The van der Waals surface area contributed by atoms with Crippen molar-refractivity contribution in [2.24, 2.45) is 0 Å². The fraction of sp³-hybridized carbons (Fsp3) is 0.889. The molecule has 2 heterocycles. The fourth-order valence-electron chi connectivity index (χ4n) is 1.67. The fourth-order valence-corrected chi connectivity index (χ4v) is 1.67. The predicted octanol–water partition coefficient (Wildman–Crippen LogP) is 0.0226. The van der Waals surface area contributed by atoms with Crippen molar-refractivity contribution in [2.45, 2.75) is 25.0 Å². The van der Waals surface area contributed by atoms with E-state index in [4.69, 9.17) is 9.47 Å². The average molecular weight is 185 g/mol. The number of nitrogens with zero attached hydrogens (tertiary/aromatic N) is 1. The van der Waals surface area contributed by atoms with Gasteiger partial charge in [0.1, 0.15) is 6.10 Å². The van der Waals surface area contributed by atoms with Crippen molar-refractivity contribution >= 4 is 5.91 Å². The lowest BCUT2D eigenvalue weighted by Crippen LogP contribution is -2.48.